The molecule has 1 aliphatic rings. The number of nitrogens with two attached hydrogens (primary N) is 1. The Morgan fingerprint density at radius 2 is 2.03 bits per heavy atom. The number of nitrogen functional groups attached to an aromatic ring is 1. The van der Waals surface area contributed by atoms with Gasteiger partial charge in [-0.25, -0.2) is 0 Å². The molecule has 4 N–H and O–H groups in total. The van der Waals surface area contributed by atoms with Crippen LogP contribution in [0.5, 0.6) is 0 Å². The van der Waals surface area contributed by atoms with E-state index in [1.165, 1.54) is 10.1 Å². The first-order chi connectivity index (χ1) is 13.5. The molecule has 29 heavy (non-hydrogen) atoms. The van der Waals surface area contributed by atoms with Crippen LogP contribution in [0.25, 0.3) is 11.0 Å². The van der Waals surface area contributed by atoms with Crippen LogP contribution in [0.4, 0.5) is 5.69 Å². The van der Waals surface area contributed by atoms with E-state index < -0.39 is 11.1 Å². The first kappa shape index (κ1) is 20.7. The van der Waals surface area contributed by atoms with Crippen LogP contribution in [-0.2, 0) is 13.0 Å². The second kappa shape index (κ2) is 8.13. The molecule has 1 aromatic heterocycles. The maximum Gasteiger partial charge on any atom is 0.316 e. The van der Waals surface area contributed by atoms with Gasteiger partial charge in [-0.3, -0.25) is 14.4 Å². The van der Waals surface area contributed by atoms with Gasteiger partial charge in [-0.05, 0) is 67.6 Å². The summed E-state index contributed by atoms with van der Waals surface area (Å²) in [6, 6.07) is 10.7. The summed E-state index contributed by atoms with van der Waals surface area (Å²) in [6.45, 7) is 2.18. The molecule has 1 amide bonds. The van der Waals surface area contributed by atoms with Gasteiger partial charge in [0.15, 0.2) is 0 Å². The molecule has 8 heteroatoms. The van der Waals surface area contributed by atoms with E-state index >= 15 is 0 Å². The van der Waals surface area contributed by atoms with Gasteiger partial charge in [-0.15, -0.1) is 12.4 Å². The monoisotopic (exact) mass is 414 g/mol. The number of H-pyrrole nitrogens is 1. The quantitative estimate of drug-likeness (QED) is 0.451. The molecule has 7 nitrogen and oxygen atoms in total. The van der Waals surface area contributed by atoms with E-state index in [-0.39, 0.29) is 24.4 Å². The maximum absolute atomic E-state index is 12.8. The maximum atomic E-state index is 12.8. The number of hydrogen-bond donors (Lipinski definition) is 3. The van der Waals surface area contributed by atoms with Crippen LogP contribution in [0, 0.1) is 0 Å². The Labute approximate surface area is 173 Å². The zero-order valence-electron chi connectivity index (χ0n) is 16.0. The number of rotatable bonds is 3. The Morgan fingerprint density at radius 1 is 1.24 bits per heavy atom. The summed E-state index contributed by atoms with van der Waals surface area (Å²) in [7, 11) is 0. The fourth-order valence-corrected chi connectivity index (χ4v) is 3.96. The summed E-state index contributed by atoms with van der Waals surface area (Å²) in [5.41, 5.74) is 9.10. The van der Waals surface area contributed by atoms with Gasteiger partial charge in [0.2, 0.25) is 0 Å². The lowest BCUT2D eigenvalue weighted by atomic mass is 9.87. The molecule has 0 saturated carbocycles. The van der Waals surface area contributed by atoms with Crippen molar-refractivity contribution in [3.63, 3.8) is 0 Å². The van der Waals surface area contributed by atoms with Gasteiger partial charge in [0, 0.05) is 17.8 Å². The zero-order chi connectivity index (χ0) is 19.8. The number of aromatic amines is 1. The number of anilines is 1. The average molecular weight is 415 g/mol. The predicted molar refractivity (Wildman–Crippen MR) is 116 cm³/mol. The molecule has 152 valence electrons. The first-order valence-corrected chi connectivity index (χ1v) is 9.44. The van der Waals surface area contributed by atoms with Gasteiger partial charge < -0.3 is 20.6 Å². The Bertz CT molecular complexity index is 1200. The highest BCUT2D eigenvalue weighted by Crippen LogP contribution is 2.31. The third-order valence-electron chi connectivity index (χ3n) is 5.34. The molecule has 1 atom stereocenters. The number of aryl methyl sites for hydroxylation is 2. The van der Waals surface area contributed by atoms with Crippen molar-refractivity contribution < 1.29 is 4.79 Å². The number of hydrogen-bond acceptors (Lipinski definition) is 4. The minimum Gasteiger partial charge on any atom is -0.399 e. The molecule has 3 aromatic rings. The van der Waals surface area contributed by atoms with Gasteiger partial charge in [0.05, 0.1) is 17.1 Å². The number of halogens is 1. The molecular weight excluding hydrogens is 392 g/mol. The molecule has 0 fully saturated rings. The van der Waals surface area contributed by atoms with Crippen molar-refractivity contribution in [1.82, 2.24) is 14.9 Å². The highest BCUT2D eigenvalue weighted by atomic mass is 35.5. The smallest absolute Gasteiger partial charge is 0.316 e. The Balaban J connectivity index is 0.00000240. The average Bonchev–Trinajstić information content (AvgIpc) is 2.68. The van der Waals surface area contributed by atoms with Crippen LogP contribution < -0.4 is 22.2 Å². The molecule has 1 unspecified atom stereocenters. The third kappa shape index (κ3) is 3.78. The third-order valence-corrected chi connectivity index (χ3v) is 5.34. The topological polar surface area (TPSA) is 110 Å². The minimum absolute atomic E-state index is 0. The van der Waals surface area contributed by atoms with Crippen molar-refractivity contribution in [3.8, 4) is 0 Å². The highest BCUT2D eigenvalue weighted by molar-refractivity contribution is 5.97. The first-order valence-electron chi connectivity index (χ1n) is 9.44. The Kier molecular flexibility index (Phi) is 5.79. The van der Waals surface area contributed by atoms with Crippen molar-refractivity contribution in [2.24, 2.45) is 0 Å². The van der Waals surface area contributed by atoms with Crippen molar-refractivity contribution in [2.75, 3.05) is 5.73 Å². The second-order valence-electron chi connectivity index (χ2n) is 7.11. The number of aromatic nitrogens is 2. The number of nitrogens with zero attached hydrogens (tertiary/aromatic N) is 1. The van der Waals surface area contributed by atoms with Crippen molar-refractivity contribution in [1.29, 1.82) is 0 Å². The summed E-state index contributed by atoms with van der Waals surface area (Å²) in [5, 5.41) is 3.09. The van der Waals surface area contributed by atoms with Crippen molar-refractivity contribution in [2.45, 2.75) is 38.8 Å². The van der Waals surface area contributed by atoms with E-state index in [9.17, 15) is 14.4 Å². The molecule has 1 aliphatic carbocycles. The van der Waals surface area contributed by atoms with Crippen molar-refractivity contribution >= 4 is 35.0 Å². The van der Waals surface area contributed by atoms with E-state index in [0.29, 0.717) is 23.1 Å². The number of carbonyl (C=O) groups excluding carboxylic acids is 1. The molecule has 0 radical (unpaired) electrons. The van der Waals surface area contributed by atoms with Crippen LogP contribution in [0.15, 0.2) is 46.0 Å². The molecule has 0 saturated heterocycles. The van der Waals surface area contributed by atoms with Crippen LogP contribution >= 0.6 is 12.4 Å². The van der Waals surface area contributed by atoms with E-state index in [1.807, 2.05) is 18.2 Å². The highest BCUT2D eigenvalue weighted by Gasteiger charge is 2.22. The zero-order valence-corrected chi connectivity index (χ0v) is 16.8. The van der Waals surface area contributed by atoms with Gasteiger partial charge in [-0.2, -0.15) is 0 Å². The number of carbonyl (C=O) groups is 1. The second-order valence-corrected chi connectivity index (χ2v) is 7.11. The number of benzene rings is 2. The lowest BCUT2D eigenvalue weighted by molar-refractivity contribution is 0.0933. The number of amides is 1. The molecule has 0 aliphatic heterocycles. The van der Waals surface area contributed by atoms with Crippen LogP contribution in [-0.4, -0.2) is 15.5 Å². The SMILES string of the molecule is CCn1c(=O)c(=O)[nH]c2cc(C(=O)NC3CCCc4cc(N)ccc43)ccc21.Cl. The molecule has 1 heterocycles. The number of nitrogens with one attached hydrogen (secondary N) is 2. The van der Waals surface area contributed by atoms with Crippen LogP contribution in [0.2, 0.25) is 0 Å². The van der Waals surface area contributed by atoms with Gasteiger partial charge in [-0.1, -0.05) is 6.07 Å². The van der Waals surface area contributed by atoms with Crippen molar-refractivity contribution in [3.05, 3.63) is 73.8 Å². The Morgan fingerprint density at radius 3 is 2.79 bits per heavy atom. The Hall–Kier alpha value is -3.06. The van der Waals surface area contributed by atoms with Crippen LogP contribution in [0.1, 0.15) is 47.3 Å². The standard InChI is InChI=1S/C21H22N4O3.ClH/c1-2-25-18-9-6-13(11-17(18)24-20(27)21(25)28)19(26)23-16-5-3-4-12-10-14(22)7-8-15(12)16;/h6-11,16H,2-5,22H2,1H3,(H,23,26)(H,24,27);1H. The largest absolute Gasteiger partial charge is 0.399 e. The summed E-state index contributed by atoms with van der Waals surface area (Å²) in [5.74, 6) is -0.216. The molecule has 4 rings (SSSR count). The fraction of sp³-hybridized carbons (Fsp3) is 0.286. The van der Waals surface area contributed by atoms with E-state index in [2.05, 4.69) is 10.3 Å². The van der Waals surface area contributed by atoms with E-state index in [4.69, 9.17) is 5.73 Å². The molecule has 0 spiro atoms. The fourth-order valence-electron chi connectivity index (χ4n) is 3.96. The molecular formula is C21H23ClN4O3. The summed E-state index contributed by atoms with van der Waals surface area (Å²) in [4.78, 5) is 39.3. The summed E-state index contributed by atoms with van der Waals surface area (Å²) >= 11 is 0. The minimum atomic E-state index is -0.689. The lowest BCUT2D eigenvalue weighted by Gasteiger charge is -2.26. The summed E-state index contributed by atoms with van der Waals surface area (Å²) in [6.07, 6.45) is 2.80. The van der Waals surface area contributed by atoms with E-state index in [1.54, 1.807) is 25.1 Å². The molecule has 0 bridgehead atoms. The van der Waals surface area contributed by atoms with E-state index in [0.717, 1.165) is 30.5 Å². The predicted octanol–water partition coefficient (Wildman–Crippen LogP) is 2.52. The summed E-state index contributed by atoms with van der Waals surface area (Å²) < 4.78 is 1.40. The van der Waals surface area contributed by atoms with Crippen LogP contribution in [0.3, 0.4) is 0 Å². The lowest BCUT2D eigenvalue weighted by Crippen LogP contribution is -2.36. The molecule has 2 aromatic carbocycles. The number of fused-ring (bicyclic) bond motifs is 2. The van der Waals surface area contributed by atoms with Gasteiger partial charge >= 0.3 is 11.1 Å². The normalized spacial score (nSPS) is 15.4. The van der Waals surface area contributed by atoms with Gasteiger partial charge in [0.25, 0.3) is 5.91 Å². The van der Waals surface area contributed by atoms with Gasteiger partial charge in [0.1, 0.15) is 0 Å².